The van der Waals surface area contributed by atoms with Gasteiger partial charge in [-0.2, -0.15) is 0 Å². The lowest BCUT2D eigenvalue weighted by atomic mass is 9.97. The fourth-order valence-corrected chi connectivity index (χ4v) is 3.85. The van der Waals surface area contributed by atoms with Gasteiger partial charge in [-0.15, -0.1) is 0 Å². The smallest absolute Gasteiger partial charge is 0.315 e. The lowest BCUT2D eigenvalue weighted by molar-refractivity contribution is 0.0945. The SMILES string of the molecule is NC(=O)N1Cc2ccccc2C1c1ccc(C(=O)NCC2CCOC2)cc1. The Morgan fingerprint density at radius 1 is 1.15 bits per heavy atom. The summed E-state index contributed by atoms with van der Waals surface area (Å²) in [6, 6.07) is 14.7. The summed E-state index contributed by atoms with van der Waals surface area (Å²) in [4.78, 5) is 25.9. The number of carbonyl (C=O) groups is 2. The lowest BCUT2D eigenvalue weighted by Crippen LogP contribution is -2.34. The number of rotatable bonds is 4. The molecule has 2 aromatic carbocycles. The Morgan fingerprint density at radius 2 is 1.93 bits per heavy atom. The molecule has 2 unspecified atom stereocenters. The number of primary amides is 1. The number of fused-ring (bicyclic) bond motifs is 1. The third-order valence-electron chi connectivity index (χ3n) is 5.35. The number of nitrogens with one attached hydrogen (secondary N) is 1. The summed E-state index contributed by atoms with van der Waals surface area (Å²) < 4.78 is 5.33. The third kappa shape index (κ3) is 3.53. The van der Waals surface area contributed by atoms with Crippen molar-refractivity contribution in [3.8, 4) is 0 Å². The van der Waals surface area contributed by atoms with Gasteiger partial charge in [0.2, 0.25) is 0 Å². The molecule has 2 heterocycles. The quantitative estimate of drug-likeness (QED) is 0.873. The molecule has 27 heavy (non-hydrogen) atoms. The minimum absolute atomic E-state index is 0.0907. The van der Waals surface area contributed by atoms with Crippen LogP contribution in [0.2, 0.25) is 0 Å². The Bertz CT molecular complexity index is 844. The standard InChI is InChI=1S/C21H23N3O3/c22-21(26)24-12-17-3-1-2-4-18(17)19(24)15-5-7-16(8-6-15)20(25)23-11-14-9-10-27-13-14/h1-8,14,19H,9-13H2,(H2,22,26)(H,23,25). The Kier molecular flexibility index (Phi) is 4.81. The Labute approximate surface area is 158 Å². The molecule has 0 bridgehead atoms. The van der Waals surface area contributed by atoms with E-state index in [2.05, 4.69) is 5.32 Å². The molecule has 1 fully saturated rings. The average Bonchev–Trinajstić information content (AvgIpc) is 3.34. The molecule has 6 heteroatoms. The van der Waals surface area contributed by atoms with E-state index in [1.807, 2.05) is 36.4 Å². The monoisotopic (exact) mass is 365 g/mol. The number of urea groups is 1. The molecule has 2 aliphatic heterocycles. The fraction of sp³-hybridized carbons (Fsp3) is 0.333. The summed E-state index contributed by atoms with van der Waals surface area (Å²) >= 11 is 0. The number of carbonyl (C=O) groups excluding carboxylic acids is 2. The summed E-state index contributed by atoms with van der Waals surface area (Å²) in [6.45, 7) is 2.62. The van der Waals surface area contributed by atoms with Crippen LogP contribution in [0.15, 0.2) is 48.5 Å². The van der Waals surface area contributed by atoms with Crippen molar-refractivity contribution in [2.24, 2.45) is 11.7 Å². The van der Waals surface area contributed by atoms with Crippen LogP contribution < -0.4 is 11.1 Å². The minimum atomic E-state index is -0.447. The maximum absolute atomic E-state index is 12.4. The highest BCUT2D eigenvalue weighted by atomic mass is 16.5. The first kappa shape index (κ1) is 17.5. The van der Waals surface area contributed by atoms with Gasteiger partial charge in [-0.25, -0.2) is 4.79 Å². The largest absolute Gasteiger partial charge is 0.381 e. The van der Waals surface area contributed by atoms with Crippen LogP contribution in [0.5, 0.6) is 0 Å². The van der Waals surface area contributed by atoms with Gasteiger partial charge in [-0.3, -0.25) is 4.79 Å². The van der Waals surface area contributed by atoms with Crippen molar-refractivity contribution in [1.82, 2.24) is 10.2 Å². The van der Waals surface area contributed by atoms with E-state index < -0.39 is 6.03 Å². The highest BCUT2D eigenvalue weighted by Gasteiger charge is 2.33. The van der Waals surface area contributed by atoms with Crippen LogP contribution in [-0.2, 0) is 11.3 Å². The Balaban J connectivity index is 1.50. The highest BCUT2D eigenvalue weighted by Crippen LogP contribution is 2.38. The minimum Gasteiger partial charge on any atom is -0.381 e. The van der Waals surface area contributed by atoms with E-state index in [0.29, 0.717) is 31.2 Å². The molecule has 0 aliphatic carbocycles. The first-order valence-corrected chi connectivity index (χ1v) is 9.23. The highest BCUT2D eigenvalue weighted by molar-refractivity contribution is 5.94. The normalized spacial score (nSPS) is 21.1. The van der Waals surface area contributed by atoms with Crippen LogP contribution in [0.25, 0.3) is 0 Å². The van der Waals surface area contributed by atoms with E-state index in [0.717, 1.165) is 29.7 Å². The van der Waals surface area contributed by atoms with Crippen LogP contribution in [0, 0.1) is 5.92 Å². The summed E-state index contributed by atoms with van der Waals surface area (Å²) in [5.74, 6) is 0.305. The summed E-state index contributed by atoms with van der Waals surface area (Å²) in [5, 5.41) is 2.97. The van der Waals surface area contributed by atoms with E-state index in [9.17, 15) is 9.59 Å². The summed E-state index contributed by atoms with van der Waals surface area (Å²) in [6.07, 6.45) is 0.989. The first-order valence-electron chi connectivity index (χ1n) is 9.23. The molecule has 2 aliphatic rings. The van der Waals surface area contributed by atoms with Crippen LogP contribution in [0.1, 0.15) is 39.5 Å². The van der Waals surface area contributed by atoms with Crippen molar-refractivity contribution >= 4 is 11.9 Å². The van der Waals surface area contributed by atoms with Crippen LogP contribution in [-0.4, -0.2) is 36.6 Å². The van der Waals surface area contributed by atoms with Gasteiger partial charge in [0.25, 0.3) is 5.91 Å². The molecule has 140 valence electrons. The van der Waals surface area contributed by atoms with Crippen molar-refractivity contribution < 1.29 is 14.3 Å². The van der Waals surface area contributed by atoms with Crippen molar-refractivity contribution in [2.45, 2.75) is 19.0 Å². The molecule has 2 aromatic rings. The van der Waals surface area contributed by atoms with E-state index in [1.54, 1.807) is 17.0 Å². The van der Waals surface area contributed by atoms with E-state index in [-0.39, 0.29) is 11.9 Å². The van der Waals surface area contributed by atoms with Gasteiger partial charge in [-0.05, 0) is 35.2 Å². The number of amides is 3. The van der Waals surface area contributed by atoms with Crippen molar-refractivity contribution in [3.05, 3.63) is 70.8 Å². The number of ether oxygens (including phenoxy) is 1. The molecule has 3 amide bonds. The van der Waals surface area contributed by atoms with Crippen molar-refractivity contribution in [2.75, 3.05) is 19.8 Å². The summed E-state index contributed by atoms with van der Waals surface area (Å²) in [5.41, 5.74) is 9.32. The molecule has 0 aromatic heterocycles. The van der Waals surface area contributed by atoms with Crippen molar-refractivity contribution in [3.63, 3.8) is 0 Å². The molecule has 6 nitrogen and oxygen atoms in total. The predicted molar refractivity (Wildman–Crippen MR) is 101 cm³/mol. The van der Waals surface area contributed by atoms with Gasteiger partial charge in [0.1, 0.15) is 0 Å². The topological polar surface area (TPSA) is 84.7 Å². The van der Waals surface area contributed by atoms with Gasteiger partial charge < -0.3 is 20.7 Å². The number of benzene rings is 2. The zero-order chi connectivity index (χ0) is 18.8. The second-order valence-electron chi connectivity index (χ2n) is 7.13. The van der Waals surface area contributed by atoms with Crippen molar-refractivity contribution in [1.29, 1.82) is 0 Å². The van der Waals surface area contributed by atoms with Gasteiger partial charge in [0, 0.05) is 31.2 Å². The van der Waals surface area contributed by atoms with Crippen LogP contribution in [0.4, 0.5) is 4.79 Å². The van der Waals surface area contributed by atoms with E-state index in [1.165, 1.54) is 0 Å². The Morgan fingerprint density at radius 3 is 2.63 bits per heavy atom. The predicted octanol–water partition coefficient (Wildman–Crippen LogP) is 2.44. The molecular formula is C21H23N3O3. The van der Waals surface area contributed by atoms with Gasteiger partial charge >= 0.3 is 6.03 Å². The third-order valence-corrected chi connectivity index (χ3v) is 5.35. The number of nitrogens with two attached hydrogens (primary N) is 1. The average molecular weight is 365 g/mol. The fourth-order valence-electron chi connectivity index (χ4n) is 3.85. The lowest BCUT2D eigenvalue weighted by Gasteiger charge is -2.24. The van der Waals surface area contributed by atoms with Gasteiger partial charge in [-0.1, -0.05) is 36.4 Å². The number of hydrogen-bond donors (Lipinski definition) is 2. The van der Waals surface area contributed by atoms with Gasteiger partial charge in [0.05, 0.1) is 12.6 Å². The van der Waals surface area contributed by atoms with E-state index >= 15 is 0 Å². The first-order chi connectivity index (χ1) is 13.1. The molecule has 4 rings (SSSR count). The molecule has 2 atom stereocenters. The maximum atomic E-state index is 12.4. The molecule has 0 saturated carbocycles. The van der Waals surface area contributed by atoms with Crippen LogP contribution in [0.3, 0.4) is 0 Å². The number of nitrogens with zero attached hydrogens (tertiary/aromatic N) is 1. The molecule has 0 radical (unpaired) electrons. The zero-order valence-corrected chi connectivity index (χ0v) is 15.1. The zero-order valence-electron chi connectivity index (χ0n) is 15.1. The molecule has 1 saturated heterocycles. The maximum Gasteiger partial charge on any atom is 0.315 e. The second-order valence-corrected chi connectivity index (χ2v) is 7.13. The molecule has 0 spiro atoms. The van der Waals surface area contributed by atoms with Crippen LogP contribution >= 0.6 is 0 Å². The number of hydrogen-bond acceptors (Lipinski definition) is 3. The Hall–Kier alpha value is -2.86. The summed E-state index contributed by atoms with van der Waals surface area (Å²) in [7, 11) is 0. The van der Waals surface area contributed by atoms with E-state index in [4.69, 9.17) is 10.5 Å². The molecular weight excluding hydrogens is 342 g/mol. The molecule has 3 N–H and O–H groups in total. The second kappa shape index (κ2) is 7.40. The van der Waals surface area contributed by atoms with Gasteiger partial charge in [0.15, 0.2) is 0 Å².